The molecule has 1 aromatic carbocycles. The van der Waals surface area contributed by atoms with Crippen LogP contribution < -0.4 is 5.32 Å². The highest BCUT2D eigenvalue weighted by Gasteiger charge is 2.38. The van der Waals surface area contributed by atoms with Crippen LogP contribution in [0.5, 0.6) is 5.75 Å². The van der Waals surface area contributed by atoms with Gasteiger partial charge in [-0.15, -0.1) is 16.6 Å². The van der Waals surface area contributed by atoms with Gasteiger partial charge in [-0.2, -0.15) is 0 Å². The first-order valence-electron chi connectivity index (χ1n) is 7.38. The molecule has 1 aliphatic carbocycles. The van der Waals surface area contributed by atoms with Crippen molar-refractivity contribution in [3.8, 4) is 29.4 Å². The van der Waals surface area contributed by atoms with Gasteiger partial charge in [0, 0.05) is 17.2 Å². The van der Waals surface area contributed by atoms with Gasteiger partial charge in [0.1, 0.15) is 11.4 Å². The summed E-state index contributed by atoms with van der Waals surface area (Å²) in [5, 5.41) is 31.2. The van der Waals surface area contributed by atoms with E-state index in [0.29, 0.717) is 41.3 Å². The van der Waals surface area contributed by atoms with Gasteiger partial charge < -0.3 is 15.5 Å². The predicted octanol–water partition coefficient (Wildman–Crippen LogP) is 1.86. The average molecular weight is 310 g/mol. The molecule has 0 aliphatic heterocycles. The number of aliphatic hydroxyl groups is 1. The number of nitrogens with zero attached hydrogens (tertiary/aromatic N) is 3. The maximum atomic E-state index is 10.1. The van der Waals surface area contributed by atoms with Crippen molar-refractivity contribution in [3.05, 3.63) is 29.5 Å². The van der Waals surface area contributed by atoms with Crippen LogP contribution in [0.1, 0.15) is 31.0 Å². The number of hydrogen-bond donors (Lipinski definition) is 3. The minimum absolute atomic E-state index is 0.0513. The molecule has 6 heteroatoms. The molecule has 0 spiro atoms. The van der Waals surface area contributed by atoms with Crippen LogP contribution in [0.25, 0.3) is 11.3 Å². The molecule has 1 heterocycles. The molecule has 0 amide bonds. The van der Waals surface area contributed by atoms with E-state index in [4.69, 9.17) is 6.42 Å². The highest BCUT2D eigenvalue weighted by molar-refractivity contribution is 5.69. The molecule has 2 aromatic rings. The van der Waals surface area contributed by atoms with Crippen LogP contribution in [0.3, 0.4) is 0 Å². The van der Waals surface area contributed by atoms with Gasteiger partial charge >= 0.3 is 0 Å². The maximum absolute atomic E-state index is 10.1. The number of aromatic nitrogens is 3. The fourth-order valence-corrected chi connectivity index (χ4v) is 2.82. The second kappa shape index (κ2) is 5.52. The third kappa shape index (κ3) is 3.10. The van der Waals surface area contributed by atoms with Crippen LogP contribution >= 0.6 is 0 Å². The molecule has 0 atom stereocenters. The fraction of sp³-hybridized carbons (Fsp3) is 0.353. The maximum Gasteiger partial charge on any atom is 0.243 e. The summed E-state index contributed by atoms with van der Waals surface area (Å²) in [5.41, 5.74) is 1.69. The Morgan fingerprint density at radius 1 is 1.35 bits per heavy atom. The van der Waals surface area contributed by atoms with Gasteiger partial charge in [-0.25, -0.2) is 4.98 Å². The van der Waals surface area contributed by atoms with E-state index in [1.165, 1.54) is 6.07 Å². The third-order valence-electron chi connectivity index (χ3n) is 3.99. The number of hydrogen-bond acceptors (Lipinski definition) is 6. The van der Waals surface area contributed by atoms with Crippen molar-refractivity contribution in [1.29, 1.82) is 0 Å². The lowest BCUT2D eigenvalue weighted by Crippen LogP contribution is -2.48. The molecule has 1 fully saturated rings. The van der Waals surface area contributed by atoms with E-state index in [2.05, 4.69) is 26.4 Å². The van der Waals surface area contributed by atoms with Crippen molar-refractivity contribution in [1.82, 2.24) is 15.2 Å². The number of benzene rings is 1. The zero-order valence-corrected chi connectivity index (χ0v) is 13.0. The van der Waals surface area contributed by atoms with Crippen molar-refractivity contribution in [2.75, 3.05) is 5.32 Å². The van der Waals surface area contributed by atoms with Crippen molar-refractivity contribution in [3.63, 3.8) is 0 Å². The van der Waals surface area contributed by atoms with Gasteiger partial charge in [-0.3, -0.25) is 0 Å². The summed E-state index contributed by atoms with van der Waals surface area (Å²) in [7, 11) is 0. The lowest BCUT2D eigenvalue weighted by Gasteiger charge is -2.41. The number of terminal acetylenes is 1. The molecule has 0 saturated heterocycles. The molecule has 1 saturated carbocycles. The van der Waals surface area contributed by atoms with Crippen molar-refractivity contribution >= 4 is 5.95 Å². The van der Waals surface area contributed by atoms with Crippen LogP contribution in [0, 0.1) is 19.3 Å². The zero-order valence-electron chi connectivity index (χ0n) is 13.0. The largest absolute Gasteiger partial charge is 0.507 e. The minimum atomic E-state index is -0.607. The highest BCUT2D eigenvalue weighted by Crippen LogP contribution is 2.34. The van der Waals surface area contributed by atoms with E-state index in [0.717, 1.165) is 0 Å². The van der Waals surface area contributed by atoms with Crippen LogP contribution in [0.2, 0.25) is 0 Å². The highest BCUT2D eigenvalue weighted by atomic mass is 16.3. The average Bonchev–Trinajstić information content (AvgIpc) is 2.46. The lowest BCUT2D eigenvalue weighted by atomic mass is 9.77. The summed E-state index contributed by atoms with van der Waals surface area (Å²) in [4.78, 5) is 4.39. The summed E-state index contributed by atoms with van der Waals surface area (Å²) in [6.07, 6.45) is 6.63. The molecular weight excluding hydrogens is 292 g/mol. The number of nitrogens with one attached hydrogen (secondary N) is 1. The van der Waals surface area contributed by atoms with E-state index >= 15 is 0 Å². The lowest BCUT2D eigenvalue weighted by molar-refractivity contribution is -0.0236. The van der Waals surface area contributed by atoms with Crippen molar-refractivity contribution < 1.29 is 10.2 Å². The number of aryl methyl sites for hydroxylation is 1. The molecule has 3 rings (SSSR count). The van der Waals surface area contributed by atoms with Gasteiger partial charge in [0.25, 0.3) is 0 Å². The Balaban J connectivity index is 1.81. The fourth-order valence-electron chi connectivity index (χ4n) is 2.82. The Morgan fingerprint density at radius 2 is 2.09 bits per heavy atom. The Kier molecular flexibility index (Phi) is 3.66. The zero-order chi connectivity index (χ0) is 16.6. The van der Waals surface area contributed by atoms with Gasteiger partial charge in [-0.1, -0.05) is 5.92 Å². The summed E-state index contributed by atoms with van der Waals surface area (Å²) in [6, 6.07) is 5.11. The Labute approximate surface area is 134 Å². The van der Waals surface area contributed by atoms with E-state index in [1.807, 2.05) is 0 Å². The Bertz CT molecular complexity index is 788. The minimum Gasteiger partial charge on any atom is -0.507 e. The molecule has 0 unspecified atom stereocenters. The number of phenolic OH excluding ortho intramolecular Hbond substituents is 1. The molecule has 6 nitrogen and oxygen atoms in total. The van der Waals surface area contributed by atoms with Crippen molar-refractivity contribution in [2.45, 2.75) is 38.3 Å². The number of rotatable bonds is 3. The van der Waals surface area contributed by atoms with Crippen molar-refractivity contribution in [2.24, 2.45) is 0 Å². The first kappa shape index (κ1) is 15.3. The first-order chi connectivity index (χ1) is 10.9. The third-order valence-corrected chi connectivity index (χ3v) is 3.99. The molecule has 23 heavy (non-hydrogen) atoms. The topological polar surface area (TPSA) is 91.2 Å². The van der Waals surface area contributed by atoms with Crippen LogP contribution in [-0.4, -0.2) is 37.0 Å². The SMILES string of the molecule is C#Cc1ccc(-c2nnc(NC3CC(C)(O)C3)nc2C)c(O)c1. The molecular formula is C17H18N4O2. The summed E-state index contributed by atoms with van der Waals surface area (Å²) < 4.78 is 0. The monoisotopic (exact) mass is 310 g/mol. The van der Waals surface area contributed by atoms with Crippen LogP contribution in [0.15, 0.2) is 18.2 Å². The van der Waals surface area contributed by atoms with E-state index in [9.17, 15) is 10.2 Å². The van der Waals surface area contributed by atoms with Crippen LogP contribution in [0.4, 0.5) is 5.95 Å². The Hall–Kier alpha value is -2.65. The summed E-state index contributed by atoms with van der Waals surface area (Å²) in [5.74, 6) is 2.94. The first-order valence-corrected chi connectivity index (χ1v) is 7.38. The quantitative estimate of drug-likeness (QED) is 0.750. The number of phenols is 1. The normalized spacial score (nSPS) is 23.0. The molecule has 1 aliphatic rings. The molecule has 0 radical (unpaired) electrons. The van der Waals surface area contributed by atoms with Gasteiger partial charge in [0.05, 0.1) is 11.3 Å². The molecule has 3 N–H and O–H groups in total. The van der Waals surface area contributed by atoms with Gasteiger partial charge in [-0.05, 0) is 44.9 Å². The summed E-state index contributed by atoms with van der Waals surface area (Å²) >= 11 is 0. The predicted molar refractivity (Wildman–Crippen MR) is 86.9 cm³/mol. The van der Waals surface area contributed by atoms with E-state index < -0.39 is 5.60 Å². The molecule has 0 bridgehead atoms. The summed E-state index contributed by atoms with van der Waals surface area (Å²) in [6.45, 7) is 3.61. The van der Waals surface area contributed by atoms with Gasteiger partial charge in [0.15, 0.2) is 0 Å². The number of aromatic hydroxyl groups is 1. The molecule has 1 aromatic heterocycles. The van der Waals surface area contributed by atoms with E-state index in [-0.39, 0.29) is 11.8 Å². The van der Waals surface area contributed by atoms with Gasteiger partial charge in [0.2, 0.25) is 5.95 Å². The smallest absolute Gasteiger partial charge is 0.243 e. The standard InChI is InChI=1S/C17H18N4O2/c1-4-11-5-6-13(14(22)7-11)15-10(2)18-16(21-20-15)19-12-8-17(3,23)9-12/h1,5-7,12,22-23H,8-9H2,2-3H3,(H,18,19,21). The second-order valence-electron chi connectivity index (χ2n) is 6.19. The molecule has 118 valence electrons. The van der Waals surface area contributed by atoms with E-state index in [1.54, 1.807) is 26.0 Å². The van der Waals surface area contributed by atoms with Crippen LogP contribution in [-0.2, 0) is 0 Å². The Morgan fingerprint density at radius 3 is 2.65 bits per heavy atom. The number of anilines is 1. The second-order valence-corrected chi connectivity index (χ2v) is 6.19.